The monoisotopic (exact) mass is 216 g/mol. The normalized spacial score (nSPS) is 9.75. The maximum atomic E-state index is 5.63. The summed E-state index contributed by atoms with van der Waals surface area (Å²) >= 11 is 0. The van der Waals surface area contributed by atoms with E-state index in [0.717, 1.165) is 31.6 Å². The summed E-state index contributed by atoms with van der Waals surface area (Å²) in [4.78, 5) is 0. The molecule has 0 bridgehead atoms. The summed E-state index contributed by atoms with van der Waals surface area (Å²) in [5.74, 6) is 3.61. The number of rotatable bonds is 7. The number of unbranched alkanes of at least 4 members (excludes halogenated alkanes) is 2. The Morgan fingerprint density at radius 3 is 2.56 bits per heavy atom. The fourth-order valence-corrected chi connectivity index (χ4v) is 1.51. The van der Waals surface area contributed by atoms with E-state index in [1.54, 1.807) is 0 Å². The lowest BCUT2D eigenvalue weighted by atomic mass is 10.1. The van der Waals surface area contributed by atoms with Crippen LogP contribution in [0.1, 0.15) is 38.2 Å². The van der Waals surface area contributed by atoms with E-state index in [-0.39, 0.29) is 0 Å². The molecule has 86 valence electrons. The maximum Gasteiger partial charge on any atom is 0.119 e. The standard InChI is InChI=1S/C15H20O/c1-3-5-7-13-16-15-11-9-14(10-12-15)8-6-4-2/h2,9-12H,3,5-8,13H2,1H3. The van der Waals surface area contributed by atoms with Crippen LogP contribution < -0.4 is 4.74 Å². The first-order valence-corrected chi connectivity index (χ1v) is 6.02. The molecule has 1 heteroatoms. The Morgan fingerprint density at radius 1 is 1.19 bits per heavy atom. The van der Waals surface area contributed by atoms with Crippen LogP contribution in [0.5, 0.6) is 5.75 Å². The molecule has 0 saturated carbocycles. The minimum atomic E-state index is 0.802. The molecule has 0 heterocycles. The van der Waals surface area contributed by atoms with Gasteiger partial charge < -0.3 is 4.74 Å². The largest absolute Gasteiger partial charge is 0.494 e. The summed E-state index contributed by atoms with van der Waals surface area (Å²) in [7, 11) is 0. The Kier molecular flexibility index (Phi) is 6.18. The smallest absolute Gasteiger partial charge is 0.119 e. The van der Waals surface area contributed by atoms with Gasteiger partial charge in [0.1, 0.15) is 5.75 Å². The van der Waals surface area contributed by atoms with E-state index < -0.39 is 0 Å². The number of aryl methyl sites for hydroxylation is 1. The Hall–Kier alpha value is -1.42. The molecule has 1 nitrogen and oxygen atoms in total. The summed E-state index contributed by atoms with van der Waals surface area (Å²) in [6, 6.07) is 8.23. The van der Waals surface area contributed by atoms with Gasteiger partial charge in [-0.25, -0.2) is 0 Å². The third-order valence-electron chi connectivity index (χ3n) is 2.50. The fraction of sp³-hybridized carbons (Fsp3) is 0.467. The Balaban J connectivity index is 2.31. The van der Waals surface area contributed by atoms with Gasteiger partial charge in [-0.1, -0.05) is 31.9 Å². The Bertz CT molecular complexity index is 318. The van der Waals surface area contributed by atoms with Gasteiger partial charge >= 0.3 is 0 Å². The summed E-state index contributed by atoms with van der Waals surface area (Å²) in [6.07, 6.45) is 10.6. The quantitative estimate of drug-likeness (QED) is 0.497. The summed E-state index contributed by atoms with van der Waals surface area (Å²) < 4.78 is 5.63. The molecule has 0 radical (unpaired) electrons. The predicted molar refractivity (Wildman–Crippen MR) is 68.6 cm³/mol. The molecule has 0 aliphatic rings. The minimum Gasteiger partial charge on any atom is -0.494 e. The van der Waals surface area contributed by atoms with Crippen molar-refractivity contribution in [1.82, 2.24) is 0 Å². The van der Waals surface area contributed by atoms with E-state index in [9.17, 15) is 0 Å². The van der Waals surface area contributed by atoms with Gasteiger partial charge in [0, 0.05) is 6.42 Å². The van der Waals surface area contributed by atoms with Crippen LogP contribution in [-0.4, -0.2) is 6.61 Å². The van der Waals surface area contributed by atoms with E-state index in [1.165, 1.54) is 18.4 Å². The third-order valence-corrected chi connectivity index (χ3v) is 2.50. The predicted octanol–water partition coefficient (Wildman–Crippen LogP) is 3.82. The van der Waals surface area contributed by atoms with Gasteiger partial charge in [-0.3, -0.25) is 0 Å². The molecule has 16 heavy (non-hydrogen) atoms. The zero-order valence-electron chi connectivity index (χ0n) is 10.0. The lowest BCUT2D eigenvalue weighted by Gasteiger charge is -2.06. The van der Waals surface area contributed by atoms with Gasteiger partial charge in [0.15, 0.2) is 0 Å². The molecule has 1 aromatic carbocycles. The van der Waals surface area contributed by atoms with Crippen molar-refractivity contribution >= 4 is 0 Å². The van der Waals surface area contributed by atoms with Crippen molar-refractivity contribution in [1.29, 1.82) is 0 Å². The molecule has 0 unspecified atom stereocenters. The first kappa shape index (κ1) is 12.6. The number of terminal acetylenes is 1. The van der Waals surface area contributed by atoms with Crippen molar-refractivity contribution in [2.75, 3.05) is 6.61 Å². The average Bonchev–Trinajstić information content (AvgIpc) is 2.33. The van der Waals surface area contributed by atoms with Gasteiger partial charge in [0.25, 0.3) is 0 Å². The number of hydrogen-bond donors (Lipinski definition) is 0. The second kappa shape index (κ2) is 7.82. The molecule has 0 N–H and O–H groups in total. The van der Waals surface area contributed by atoms with Crippen molar-refractivity contribution in [3.05, 3.63) is 29.8 Å². The van der Waals surface area contributed by atoms with E-state index in [2.05, 4.69) is 25.0 Å². The molecule has 0 saturated heterocycles. The topological polar surface area (TPSA) is 9.23 Å². The summed E-state index contributed by atoms with van der Waals surface area (Å²) in [6.45, 7) is 3.01. The van der Waals surface area contributed by atoms with Crippen LogP contribution in [-0.2, 0) is 6.42 Å². The van der Waals surface area contributed by atoms with Crippen LogP contribution in [0.2, 0.25) is 0 Å². The van der Waals surface area contributed by atoms with Crippen molar-refractivity contribution in [3.8, 4) is 18.1 Å². The molecular formula is C15H20O. The number of ether oxygens (including phenoxy) is 1. The fourth-order valence-electron chi connectivity index (χ4n) is 1.51. The minimum absolute atomic E-state index is 0.802. The van der Waals surface area contributed by atoms with Crippen molar-refractivity contribution in [2.24, 2.45) is 0 Å². The van der Waals surface area contributed by atoms with Crippen molar-refractivity contribution in [3.63, 3.8) is 0 Å². The highest BCUT2D eigenvalue weighted by Crippen LogP contribution is 2.13. The lowest BCUT2D eigenvalue weighted by molar-refractivity contribution is 0.306. The van der Waals surface area contributed by atoms with E-state index in [1.807, 2.05) is 12.1 Å². The van der Waals surface area contributed by atoms with Crippen LogP contribution in [0.3, 0.4) is 0 Å². The SMILES string of the molecule is C#CCCc1ccc(OCCCCC)cc1. The molecule has 0 amide bonds. The first-order valence-electron chi connectivity index (χ1n) is 6.02. The van der Waals surface area contributed by atoms with Crippen LogP contribution in [0.15, 0.2) is 24.3 Å². The van der Waals surface area contributed by atoms with Gasteiger partial charge in [0.2, 0.25) is 0 Å². The van der Waals surface area contributed by atoms with Crippen LogP contribution >= 0.6 is 0 Å². The van der Waals surface area contributed by atoms with Gasteiger partial charge in [-0.2, -0.15) is 0 Å². The van der Waals surface area contributed by atoms with Crippen LogP contribution in [0, 0.1) is 12.3 Å². The van der Waals surface area contributed by atoms with Crippen LogP contribution in [0.25, 0.3) is 0 Å². The zero-order valence-corrected chi connectivity index (χ0v) is 10.0. The third kappa shape index (κ3) is 4.89. The number of hydrogen-bond acceptors (Lipinski definition) is 1. The summed E-state index contributed by atoms with van der Waals surface area (Å²) in [5, 5.41) is 0. The molecule has 0 aliphatic carbocycles. The molecule has 1 aromatic rings. The molecule has 1 rings (SSSR count). The summed E-state index contributed by atoms with van der Waals surface area (Å²) in [5.41, 5.74) is 1.28. The molecule has 0 atom stereocenters. The number of benzene rings is 1. The van der Waals surface area contributed by atoms with Gasteiger partial charge in [-0.15, -0.1) is 12.3 Å². The van der Waals surface area contributed by atoms with Gasteiger partial charge in [0.05, 0.1) is 6.61 Å². The zero-order chi connectivity index (χ0) is 11.6. The van der Waals surface area contributed by atoms with E-state index in [0.29, 0.717) is 0 Å². The highest BCUT2D eigenvalue weighted by Gasteiger charge is 1.95. The highest BCUT2D eigenvalue weighted by molar-refractivity contribution is 5.27. The Labute approximate surface area is 98.8 Å². The highest BCUT2D eigenvalue weighted by atomic mass is 16.5. The molecule has 0 fully saturated rings. The molecular weight excluding hydrogens is 196 g/mol. The molecule has 0 aromatic heterocycles. The van der Waals surface area contributed by atoms with Crippen molar-refractivity contribution in [2.45, 2.75) is 39.0 Å². The average molecular weight is 216 g/mol. The first-order chi connectivity index (χ1) is 7.86. The second-order valence-electron chi connectivity index (χ2n) is 3.90. The molecule has 0 aliphatic heterocycles. The van der Waals surface area contributed by atoms with Crippen LogP contribution in [0.4, 0.5) is 0 Å². The van der Waals surface area contributed by atoms with E-state index >= 15 is 0 Å². The van der Waals surface area contributed by atoms with E-state index in [4.69, 9.17) is 11.2 Å². The second-order valence-corrected chi connectivity index (χ2v) is 3.90. The Morgan fingerprint density at radius 2 is 1.94 bits per heavy atom. The molecule has 0 spiro atoms. The maximum absolute atomic E-state index is 5.63. The van der Waals surface area contributed by atoms with Gasteiger partial charge in [-0.05, 0) is 30.5 Å². The van der Waals surface area contributed by atoms with Crippen molar-refractivity contribution < 1.29 is 4.74 Å². The lowest BCUT2D eigenvalue weighted by Crippen LogP contribution is -1.97.